The summed E-state index contributed by atoms with van der Waals surface area (Å²) in [5.74, 6) is 0.823. The molecule has 0 atom stereocenters. The highest BCUT2D eigenvalue weighted by molar-refractivity contribution is 7.90. The Hall–Kier alpha value is -1.31. The highest BCUT2D eigenvalue weighted by Gasteiger charge is 2.24. The predicted molar refractivity (Wildman–Crippen MR) is 109 cm³/mol. The van der Waals surface area contributed by atoms with Crippen molar-refractivity contribution in [3.8, 4) is 5.75 Å². The summed E-state index contributed by atoms with van der Waals surface area (Å²) in [6.07, 6.45) is 5.32. The summed E-state index contributed by atoms with van der Waals surface area (Å²) in [5, 5.41) is 3.34. The molecule has 0 radical (unpaired) electrons. The van der Waals surface area contributed by atoms with Crippen LogP contribution in [0.4, 0.5) is 0 Å². The largest absolute Gasteiger partial charge is 0.494 e. The van der Waals surface area contributed by atoms with Gasteiger partial charge >= 0.3 is 0 Å². The van der Waals surface area contributed by atoms with Crippen molar-refractivity contribution in [3.05, 3.63) is 24.3 Å². The van der Waals surface area contributed by atoms with Gasteiger partial charge in [0.25, 0.3) is 0 Å². The monoisotopic (exact) mass is 418 g/mol. The van der Waals surface area contributed by atoms with E-state index in [4.69, 9.17) is 4.74 Å². The van der Waals surface area contributed by atoms with Crippen molar-refractivity contribution in [3.63, 3.8) is 0 Å². The maximum absolute atomic E-state index is 12.6. The summed E-state index contributed by atoms with van der Waals surface area (Å²) in [5.41, 5.74) is 0. The van der Waals surface area contributed by atoms with Gasteiger partial charge in [0, 0.05) is 25.3 Å². The fourth-order valence-electron chi connectivity index (χ4n) is 3.21. The molecule has 1 amide bonds. The van der Waals surface area contributed by atoms with E-state index in [1.165, 1.54) is 18.4 Å². The molecule has 1 saturated heterocycles. The molecule has 27 heavy (non-hydrogen) atoms. The summed E-state index contributed by atoms with van der Waals surface area (Å²) in [6.45, 7) is 5.31. The average molecular weight is 419 g/mol. The van der Waals surface area contributed by atoms with E-state index >= 15 is 0 Å². The Morgan fingerprint density at radius 3 is 2.41 bits per heavy atom. The van der Waals surface area contributed by atoms with Crippen molar-refractivity contribution in [2.45, 2.75) is 50.0 Å². The second-order valence-electron chi connectivity index (χ2n) is 6.76. The van der Waals surface area contributed by atoms with Crippen molar-refractivity contribution in [1.82, 2.24) is 10.2 Å². The summed E-state index contributed by atoms with van der Waals surface area (Å²) in [4.78, 5) is 14.9. The molecule has 1 aromatic rings. The van der Waals surface area contributed by atoms with E-state index in [-0.39, 0.29) is 23.2 Å². The Balaban J connectivity index is 0.00000364. The van der Waals surface area contributed by atoms with Crippen LogP contribution in [0.2, 0.25) is 0 Å². The van der Waals surface area contributed by atoms with E-state index in [2.05, 4.69) is 12.2 Å². The maximum Gasteiger partial charge on any atom is 0.222 e. The summed E-state index contributed by atoms with van der Waals surface area (Å²) in [6, 6.07) is 6.73. The molecule has 8 heteroatoms. The number of benzene rings is 1. The second-order valence-corrected chi connectivity index (χ2v) is 8.78. The number of nitrogens with one attached hydrogen (secondary N) is 1. The van der Waals surface area contributed by atoms with Gasteiger partial charge in [0.15, 0.2) is 9.84 Å². The Kier molecular flexibility index (Phi) is 10.1. The lowest BCUT2D eigenvalue weighted by Crippen LogP contribution is -2.46. The Morgan fingerprint density at radius 1 is 1.22 bits per heavy atom. The zero-order valence-corrected chi connectivity index (χ0v) is 17.8. The van der Waals surface area contributed by atoms with Crippen LogP contribution in [0.25, 0.3) is 0 Å². The first-order valence-corrected chi connectivity index (χ1v) is 11.2. The average Bonchev–Trinajstić information content (AvgIpc) is 2.63. The summed E-state index contributed by atoms with van der Waals surface area (Å²) in [7, 11) is -3.19. The second kappa shape index (κ2) is 11.5. The number of sulfone groups is 1. The van der Waals surface area contributed by atoms with Crippen LogP contribution < -0.4 is 10.1 Å². The third-order valence-electron chi connectivity index (χ3n) is 4.59. The lowest BCUT2D eigenvalue weighted by atomic mass is 10.0. The molecule has 154 valence electrons. The standard InChI is InChI=1S/C19H30N2O4S.ClH/c1-3-14-21(16-10-12-20-13-11-16)19(22)5-4-15-25-17-6-8-18(9-7-17)26(2,23)24;/h6-9,16,20H,3-5,10-15H2,1-2H3;1H. The number of hydrogen-bond acceptors (Lipinski definition) is 5. The van der Waals surface area contributed by atoms with Crippen molar-refractivity contribution in [2.75, 3.05) is 32.5 Å². The molecule has 1 aliphatic rings. The third-order valence-corrected chi connectivity index (χ3v) is 5.72. The van der Waals surface area contributed by atoms with Gasteiger partial charge in [-0.1, -0.05) is 6.92 Å². The van der Waals surface area contributed by atoms with Gasteiger partial charge in [-0.15, -0.1) is 12.4 Å². The first kappa shape index (κ1) is 23.7. The van der Waals surface area contributed by atoms with Crippen molar-refractivity contribution in [1.29, 1.82) is 0 Å². The molecule has 0 aliphatic carbocycles. The van der Waals surface area contributed by atoms with Crippen molar-refractivity contribution >= 4 is 28.2 Å². The molecule has 0 saturated carbocycles. The quantitative estimate of drug-likeness (QED) is 0.624. The molecule has 1 aromatic carbocycles. The first-order chi connectivity index (χ1) is 12.4. The van der Waals surface area contributed by atoms with Gasteiger partial charge < -0.3 is 15.0 Å². The van der Waals surface area contributed by atoms with E-state index in [9.17, 15) is 13.2 Å². The molecule has 0 spiro atoms. The van der Waals surface area contributed by atoms with Crippen LogP contribution in [0, 0.1) is 0 Å². The van der Waals surface area contributed by atoms with Gasteiger partial charge in [-0.25, -0.2) is 8.42 Å². The molecule has 6 nitrogen and oxygen atoms in total. The number of rotatable bonds is 9. The summed E-state index contributed by atoms with van der Waals surface area (Å²) < 4.78 is 28.5. The van der Waals surface area contributed by atoms with E-state index in [1.54, 1.807) is 12.1 Å². The van der Waals surface area contributed by atoms with Gasteiger partial charge in [0.1, 0.15) is 5.75 Å². The maximum atomic E-state index is 12.6. The van der Waals surface area contributed by atoms with Gasteiger partial charge in [0.05, 0.1) is 11.5 Å². The van der Waals surface area contributed by atoms with Crippen LogP contribution in [0.15, 0.2) is 29.2 Å². The lowest BCUT2D eigenvalue weighted by molar-refractivity contribution is -0.134. The van der Waals surface area contributed by atoms with Crippen molar-refractivity contribution in [2.24, 2.45) is 0 Å². The molecule has 0 aromatic heterocycles. The number of piperidine rings is 1. The van der Waals surface area contributed by atoms with Crippen LogP contribution in [-0.2, 0) is 14.6 Å². The predicted octanol–water partition coefficient (Wildman–Crippen LogP) is 2.66. The molecule has 1 heterocycles. The lowest BCUT2D eigenvalue weighted by Gasteiger charge is -2.34. The number of carbonyl (C=O) groups is 1. The van der Waals surface area contributed by atoms with E-state index in [0.717, 1.165) is 38.9 Å². The molecular formula is C19H31ClN2O4S. The summed E-state index contributed by atoms with van der Waals surface area (Å²) >= 11 is 0. The zero-order valence-electron chi connectivity index (χ0n) is 16.1. The molecule has 0 unspecified atom stereocenters. The van der Waals surface area contributed by atoms with Crippen LogP contribution in [0.3, 0.4) is 0 Å². The van der Waals surface area contributed by atoms with E-state index < -0.39 is 9.84 Å². The molecule has 1 N–H and O–H groups in total. The normalized spacial score (nSPS) is 15.0. The number of halogens is 1. The minimum atomic E-state index is -3.19. The minimum Gasteiger partial charge on any atom is -0.494 e. The number of carbonyl (C=O) groups excluding carboxylic acids is 1. The van der Waals surface area contributed by atoms with Crippen LogP contribution in [0.5, 0.6) is 5.75 Å². The molecule has 1 aliphatic heterocycles. The number of amides is 1. The van der Waals surface area contributed by atoms with Gasteiger partial charge in [-0.2, -0.15) is 0 Å². The van der Waals surface area contributed by atoms with Crippen LogP contribution in [-0.4, -0.2) is 57.8 Å². The van der Waals surface area contributed by atoms with Gasteiger partial charge in [0.2, 0.25) is 5.91 Å². The fraction of sp³-hybridized carbons (Fsp3) is 0.632. The highest BCUT2D eigenvalue weighted by atomic mass is 35.5. The molecular weight excluding hydrogens is 388 g/mol. The van der Waals surface area contributed by atoms with E-state index in [1.807, 2.05) is 4.90 Å². The Morgan fingerprint density at radius 2 is 1.85 bits per heavy atom. The fourth-order valence-corrected chi connectivity index (χ4v) is 3.84. The molecule has 1 fully saturated rings. The molecule has 0 bridgehead atoms. The topological polar surface area (TPSA) is 75.7 Å². The first-order valence-electron chi connectivity index (χ1n) is 9.35. The minimum absolute atomic E-state index is 0. The number of nitrogens with zero attached hydrogens (tertiary/aromatic N) is 1. The SMILES string of the molecule is CCCN(C(=O)CCCOc1ccc(S(C)(=O)=O)cc1)C1CCNCC1.Cl. The van der Waals surface area contributed by atoms with Gasteiger partial charge in [-0.3, -0.25) is 4.79 Å². The third kappa shape index (κ3) is 7.68. The smallest absolute Gasteiger partial charge is 0.222 e. The van der Waals surface area contributed by atoms with E-state index in [0.29, 0.717) is 31.2 Å². The zero-order chi connectivity index (χ0) is 19.0. The number of hydrogen-bond donors (Lipinski definition) is 1. The van der Waals surface area contributed by atoms with Gasteiger partial charge in [-0.05, 0) is 63.0 Å². The van der Waals surface area contributed by atoms with Crippen molar-refractivity contribution < 1.29 is 17.9 Å². The Labute approximate surface area is 169 Å². The van der Waals surface area contributed by atoms with Crippen LogP contribution >= 0.6 is 12.4 Å². The van der Waals surface area contributed by atoms with Crippen LogP contribution in [0.1, 0.15) is 39.0 Å². The molecule has 2 rings (SSSR count). The Bertz CT molecular complexity index is 673. The highest BCUT2D eigenvalue weighted by Crippen LogP contribution is 2.17. The number of ether oxygens (including phenoxy) is 1.